The third kappa shape index (κ3) is 6.33. The third-order valence-corrected chi connectivity index (χ3v) is 5.03. The van der Waals surface area contributed by atoms with Crippen LogP contribution in [0.3, 0.4) is 0 Å². The lowest BCUT2D eigenvalue weighted by Crippen LogP contribution is -2.31. The molecule has 2 N–H and O–H groups in total. The van der Waals surface area contributed by atoms with Gasteiger partial charge in [0.25, 0.3) is 17.5 Å². The number of hydrogen-bond donors (Lipinski definition) is 2. The first-order valence-electron chi connectivity index (χ1n) is 9.97. The molecule has 3 rings (SSSR count). The van der Waals surface area contributed by atoms with Gasteiger partial charge in [0.15, 0.2) is 0 Å². The number of benzene rings is 3. The Hall–Kier alpha value is -4.44. The molecule has 0 spiro atoms. The molecule has 0 aliphatic heterocycles. The van der Waals surface area contributed by atoms with Crippen molar-refractivity contribution in [2.75, 3.05) is 19.5 Å². The van der Waals surface area contributed by atoms with Gasteiger partial charge in [-0.25, -0.2) is 4.39 Å². The lowest BCUT2D eigenvalue weighted by molar-refractivity contribution is -0.384. The second-order valence-corrected chi connectivity index (χ2v) is 7.42. The number of non-ortho nitro benzene ring substituents is 1. The molecule has 0 heterocycles. The molecule has 0 fully saturated rings. The van der Waals surface area contributed by atoms with Gasteiger partial charge in [0.2, 0.25) is 0 Å². The normalized spacial score (nSPS) is 10.9. The Balaban J connectivity index is 1.99. The predicted molar refractivity (Wildman–Crippen MR) is 128 cm³/mol. The minimum atomic E-state index is -0.788. The SMILES string of the molecule is COc1ccc(NC(=O)C(=Cc2cccc([N+](=O)[O-])c2)NC(=O)c2ccc(F)cc2Cl)c(OC)c1. The van der Waals surface area contributed by atoms with E-state index in [1.54, 1.807) is 18.2 Å². The van der Waals surface area contributed by atoms with Crippen LogP contribution in [0.5, 0.6) is 11.5 Å². The van der Waals surface area contributed by atoms with Gasteiger partial charge in [0, 0.05) is 18.2 Å². The largest absolute Gasteiger partial charge is 0.497 e. The molecular formula is C24H19ClFN3O6. The van der Waals surface area contributed by atoms with Crippen molar-refractivity contribution in [2.45, 2.75) is 0 Å². The molecule has 9 nitrogen and oxygen atoms in total. The number of methoxy groups -OCH3 is 2. The van der Waals surface area contributed by atoms with Crippen molar-refractivity contribution in [3.05, 3.63) is 98.4 Å². The van der Waals surface area contributed by atoms with Crippen LogP contribution in [0.15, 0.2) is 66.4 Å². The first kappa shape index (κ1) is 25.2. The Labute approximate surface area is 204 Å². The molecule has 2 amide bonds. The molecule has 0 saturated carbocycles. The van der Waals surface area contributed by atoms with Crippen molar-refractivity contribution in [1.29, 1.82) is 0 Å². The minimum Gasteiger partial charge on any atom is -0.497 e. The quantitative estimate of drug-likeness (QED) is 0.260. The topological polar surface area (TPSA) is 120 Å². The van der Waals surface area contributed by atoms with Crippen molar-refractivity contribution in [3.63, 3.8) is 0 Å². The van der Waals surface area contributed by atoms with Crippen molar-refractivity contribution < 1.29 is 28.4 Å². The van der Waals surface area contributed by atoms with Gasteiger partial charge in [-0.3, -0.25) is 19.7 Å². The van der Waals surface area contributed by atoms with Crippen molar-refractivity contribution in [2.24, 2.45) is 0 Å². The predicted octanol–water partition coefficient (Wildman–Crippen LogP) is 4.81. The average Bonchev–Trinajstić information content (AvgIpc) is 2.83. The molecule has 35 heavy (non-hydrogen) atoms. The molecule has 0 radical (unpaired) electrons. The van der Waals surface area contributed by atoms with Gasteiger partial charge in [-0.05, 0) is 42.0 Å². The highest BCUT2D eigenvalue weighted by Gasteiger charge is 2.19. The number of carbonyl (C=O) groups excluding carboxylic acids is 2. The number of amides is 2. The number of anilines is 1. The number of rotatable bonds is 8. The molecule has 0 atom stereocenters. The number of ether oxygens (including phenoxy) is 2. The molecular weight excluding hydrogens is 481 g/mol. The lowest BCUT2D eigenvalue weighted by Gasteiger charge is -2.14. The molecule has 0 bridgehead atoms. The van der Waals surface area contributed by atoms with Gasteiger partial charge >= 0.3 is 0 Å². The summed E-state index contributed by atoms with van der Waals surface area (Å²) in [7, 11) is 2.88. The number of halogens is 2. The summed E-state index contributed by atoms with van der Waals surface area (Å²) in [5, 5.41) is 16.0. The number of nitrogens with zero attached hydrogens (tertiary/aromatic N) is 1. The lowest BCUT2D eigenvalue weighted by atomic mass is 10.1. The van der Waals surface area contributed by atoms with Gasteiger partial charge < -0.3 is 20.1 Å². The smallest absolute Gasteiger partial charge is 0.272 e. The number of hydrogen-bond acceptors (Lipinski definition) is 6. The maximum absolute atomic E-state index is 13.4. The van der Waals surface area contributed by atoms with E-state index in [9.17, 15) is 24.1 Å². The summed E-state index contributed by atoms with van der Waals surface area (Å²) >= 11 is 5.98. The van der Waals surface area contributed by atoms with E-state index in [4.69, 9.17) is 21.1 Å². The van der Waals surface area contributed by atoms with Crippen molar-refractivity contribution in [1.82, 2.24) is 5.32 Å². The first-order chi connectivity index (χ1) is 16.7. The maximum atomic E-state index is 13.4. The third-order valence-electron chi connectivity index (χ3n) is 4.72. The van der Waals surface area contributed by atoms with E-state index in [-0.39, 0.29) is 33.2 Å². The highest BCUT2D eigenvalue weighted by atomic mass is 35.5. The summed E-state index contributed by atoms with van der Waals surface area (Å²) in [5.74, 6) is -1.40. The standard InChI is InChI=1S/C24H19ClFN3O6/c1-34-17-7-9-20(22(13-17)35-2)27-24(31)21(11-14-4-3-5-16(10-14)29(32)33)28-23(30)18-8-6-15(26)12-19(18)25/h3-13H,1-2H3,(H,27,31)(H,28,30). The van der Waals surface area contributed by atoms with Gasteiger partial charge in [-0.1, -0.05) is 23.7 Å². The van der Waals surface area contributed by atoms with Crippen LogP contribution in [0.25, 0.3) is 6.08 Å². The van der Waals surface area contributed by atoms with Crippen molar-refractivity contribution in [3.8, 4) is 11.5 Å². The van der Waals surface area contributed by atoms with Crippen LogP contribution in [-0.2, 0) is 4.79 Å². The Morgan fingerprint density at radius 2 is 1.83 bits per heavy atom. The van der Waals surface area contributed by atoms with Crippen LogP contribution >= 0.6 is 11.6 Å². The first-order valence-corrected chi connectivity index (χ1v) is 10.4. The van der Waals surface area contributed by atoms with E-state index in [0.29, 0.717) is 11.5 Å². The van der Waals surface area contributed by atoms with Crippen LogP contribution in [0.4, 0.5) is 15.8 Å². The van der Waals surface area contributed by atoms with E-state index in [2.05, 4.69) is 10.6 Å². The maximum Gasteiger partial charge on any atom is 0.272 e. The molecule has 0 aliphatic carbocycles. The van der Waals surface area contributed by atoms with Crippen LogP contribution < -0.4 is 20.1 Å². The van der Waals surface area contributed by atoms with E-state index in [1.165, 1.54) is 50.6 Å². The van der Waals surface area contributed by atoms with E-state index < -0.39 is 22.6 Å². The zero-order valence-corrected chi connectivity index (χ0v) is 19.3. The summed E-state index contributed by atoms with van der Waals surface area (Å²) < 4.78 is 23.8. The van der Waals surface area contributed by atoms with Gasteiger partial charge in [-0.2, -0.15) is 0 Å². The van der Waals surface area contributed by atoms with Gasteiger partial charge in [0.05, 0.1) is 35.4 Å². The zero-order chi connectivity index (χ0) is 25.5. The fourth-order valence-corrected chi connectivity index (χ4v) is 3.26. The van der Waals surface area contributed by atoms with Crippen LogP contribution in [-0.4, -0.2) is 31.0 Å². The molecule has 0 unspecified atom stereocenters. The molecule has 3 aromatic rings. The fraction of sp³-hybridized carbons (Fsp3) is 0.0833. The number of nitro benzene ring substituents is 1. The number of nitro groups is 1. The molecule has 3 aromatic carbocycles. The van der Waals surface area contributed by atoms with E-state index >= 15 is 0 Å². The van der Waals surface area contributed by atoms with E-state index in [1.807, 2.05) is 0 Å². The summed E-state index contributed by atoms with van der Waals surface area (Å²) in [6, 6.07) is 13.3. The molecule has 11 heteroatoms. The van der Waals surface area contributed by atoms with Crippen LogP contribution in [0.1, 0.15) is 15.9 Å². The minimum absolute atomic E-state index is 0.0761. The van der Waals surface area contributed by atoms with Gasteiger partial charge in [-0.15, -0.1) is 0 Å². The number of carbonyl (C=O) groups is 2. The van der Waals surface area contributed by atoms with Crippen LogP contribution in [0.2, 0.25) is 5.02 Å². The summed E-state index contributed by atoms with van der Waals surface area (Å²) in [6.45, 7) is 0. The second-order valence-electron chi connectivity index (χ2n) is 7.01. The molecule has 0 aromatic heterocycles. The van der Waals surface area contributed by atoms with E-state index in [0.717, 1.165) is 12.1 Å². The average molecular weight is 500 g/mol. The van der Waals surface area contributed by atoms with Crippen LogP contribution in [0, 0.1) is 15.9 Å². The Bertz CT molecular complexity index is 1330. The Kier molecular flexibility index (Phi) is 8.00. The fourth-order valence-electron chi connectivity index (χ4n) is 3.01. The highest BCUT2D eigenvalue weighted by Crippen LogP contribution is 2.29. The molecule has 0 aliphatic rings. The number of nitrogens with one attached hydrogen (secondary N) is 2. The summed E-state index contributed by atoms with van der Waals surface area (Å²) in [4.78, 5) is 36.5. The highest BCUT2D eigenvalue weighted by molar-refractivity contribution is 6.34. The Morgan fingerprint density at radius 3 is 2.49 bits per heavy atom. The second kappa shape index (κ2) is 11.1. The molecule has 0 saturated heterocycles. The summed E-state index contributed by atoms with van der Waals surface area (Å²) in [6.07, 6.45) is 1.26. The zero-order valence-electron chi connectivity index (χ0n) is 18.5. The molecule has 180 valence electrons. The van der Waals surface area contributed by atoms with Crippen molar-refractivity contribution >= 4 is 40.9 Å². The monoisotopic (exact) mass is 499 g/mol. The van der Waals surface area contributed by atoms with Gasteiger partial charge in [0.1, 0.15) is 23.0 Å². The summed E-state index contributed by atoms with van der Waals surface area (Å²) in [5.41, 5.74) is 0.0127. The Morgan fingerprint density at radius 1 is 1.06 bits per heavy atom.